The average molecular weight is 283 g/mol. The van der Waals surface area contributed by atoms with Crippen LogP contribution >= 0.6 is 0 Å². The van der Waals surface area contributed by atoms with E-state index in [4.69, 9.17) is 5.11 Å². The van der Waals surface area contributed by atoms with Gasteiger partial charge in [0.05, 0.1) is 16.9 Å². The number of carbonyl (C=O) groups excluding carboxylic acids is 1. The Balaban J connectivity index is 2.47. The highest BCUT2D eigenvalue weighted by atomic mass is 16.4. The van der Waals surface area contributed by atoms with Gasteiger partial charge in [0, 0.05) is 6.54 Å². The molecule has 1 aliphatic carbocycles. The molecule has 5 nitrogen and oxygen atoms in total. The van der Waals surface area contributed by atoms with Gasteiger partial charge < -0.3 is 15.5 Å². The maximum Gasteiger partial charge on any atom is 0.626 e. The van der Waals surface area contributed by atoms with Crippen LogP contribution in [0, 0.1) is 11.8 Å². The standard InChI is InChI=1S/C15H26N2O3/c1-11(2)9-16-10-14(18)13(17-15(19)20)8-12-6-4-3-5-7-12/h3-6,11-14,16-18H,7-10H2,1-2H3,(H,19,20)/p+1/t12?,13-,14+/m0/s1. The van der Waals surface area contributed by atoms with Crippen molar-refractivity contribution < 1.29 is 15.0 Å². The number of amides is 1. The first-order valence-electron chi connectivity index (χ1n) is 7.23. The lowest BCUT2D eigenvalue weighted by Crippen LogP contribution is -2.48. The van der Waals surface area contributed by atoms with Crippen LogP contribution in [0.3, 0.4) is 0 Å². The summed E-state index contributed by atoms with van der Waals surface area (Å²) in [6, 6.07) is -0.388. The Morgan fingerprint density at radius 2 is 2.15 bits per heavy atom. The Bertz CT molecular complexity index is 353. The zero-order chi connectivity index (χ0) is 15.0. The van der Waals surface area contributed by atoms with E-state index in [0.717, 1.165) is 13.0 Å². The minimum atomic E-state index is -0.840. The third-order valence-electron chi connectivity index (χ3n) is 3.31. The van der Waals surface area contributed by atoms with Crippen LogP contribution in [-0.2, 0) is 0 Å². The maximum atomic E-state index is 11.0. The predicted octanol–water partition coefficient (Wildman–Crippen LogP) is 0.918. The minimum absolute atomic E-state index is 0.302. The van der Waals surface area contributed by atoms with Crippen molar-refractivity contribution in [2.24, 2.45) is 11.8 Å². The van der Waals surface area contributed by atoms with Crippen LogP contribution in [0.4, 0.5) is 4.79 Å². The predicted molar refractivity (Wildman–Crippen MR) is 80.7 cm³/mol. The summed E-state index contributed by atoms with van der Waals surface area (Å²) in [5.74, 6) is 0.814. The molecule has 1 amide bonds. The van der Waals surface area contributed by atoms with Gasteiger partial charge >= 0.3 is 6.09 Å². The SMILES string of the molecule is CC(C)CNC[C@@H](O)[C@H](CC1C=CC=CC1)NC(=O)[OH2+]. The third-order valence-corrected chi connectivity index (χ3v) is 3.31. The number of rotatable bonds is 8. The second-order valence-electron chi connectivity index (χ2n) is 5.74. The summed E-state index contributed by atoms with van der Waals surface area (Å²) in [6.07, 6.45) is 8.18. The van der Waals surface area contributed by atoms with Gasteiger partial charge in [0.1, 0.15) is 0 Å². The molecule has 0 bridgehead atoms. The van der Waals surface area contributed by atoms with Gasteiger partial charge in [0.15, 0.2) is 0 Å². The molecule has 20 heavy (non-hydrogen) atoms. The fraction of sp³-hybridized carbons (Fsp3) is 0.667. The van der Waals surface area contributed by atoms with E-state index in [9.17, 15) is 9.90 Å². The Hall–Kier alpha value is -1.33. The Kier molecular flexibility index (Phi) is 7.33. The van der Waals surface area contributed by atoms with Crippen LogP contribution in [0.25, 0.3) is 0 Å². The molecule has 0 radical (unpaired) electrons. The fourth-order valence-electron chi connectivity index (χ4n) is 2.28. The molecule has 0 spiro atoms. The zero-order valence-corrected chi connectivity index (χ0v) is 12.3. The molecule has 0 fully saturated rings. The summed E-state index contributed by atoms with van der Waals surface area (Å²) in [7, 11) is 0. The average Bonchev–Trinajstić information content (AvgIpc) is 2.38. The zero-order valence-electron chi connectivity index (χ0n) is 12.3. The van der Waals surface area contributed by atoms with Gasteiger partial charge in [-0.3, -0.25) is 5.32 Å². The molecule has 0 heterocycles. The van der Waals surface area contributed by atoms with E-state index in [-0.39, 0.29) is 6.04 Å². The fourth-order valence-corrected chi connectivity index (χ4v) is 2.28. The smallest absolute Gasteiger partial charge is 0.547 e. The van der Waals surface area contributed by atoms with Crippen molar-refractivity contribution in [1.29, 1.82) is 0 Å². The van der Waals surface area contributed by atoms with Crippen LogP contribution in [0.15, 0.2) is 24.3 Å². The summed E-state index contributed by atoms with van der Waals surface area (Å²) >= 11 is 0. The van der Waals surface area contributed by atoms with Crippen molar-refractivity contribution in [2.45, 2.75) is 38.8 Å². The van der Waals surface area contributed by atoms with Crippen LogP contribution < -0.4 is 10.6 Å². The molecule has 1 rings (SSSR count). The van der Waals surface area contributed by atoms with Crippen molar-refractivity contribution in [3.8, 4) is 0 Å². The van der Waals surface area contributed by atoms with Crippen LogP contribution in [0.2, 0.25) is 0 Å². The summed E-state index contributed by atoms with van der Waals surface area (Å²) < 4.78 is 0. The second-order valence-corrected chi connectivity index (χ2v) is 5.74. The van der Waals surface area contributed by atoms with Crippen molar-refractivity contribution in [1.82, 2.24) is 10.6 Å². The number of aliphatic hydroxyl groups is 1. The van der Waals surface area contributed by atoms with Crippen LogP contribution in [-0.4, -0.2) is 41.5 Å². The summed E-state index contributed by atoms with van der Waals surface area (Å²) in [5.41, 5.74) is 0. The first-order valence-corrected chi connectivity index (χ1v) is 7.23. The normalized spacial score (nSPS) is 20.9. The number of carbonyl (C=O) groups is 1. The van der Waals surface area contributed by atoms with Crippen LogP contribution in [0.1, 0.15) is 26.7 Å². The van der Waals surface area contributed by atoms with E-state index in [2.05, 4.69) is 36.6 Å². The molecule has 1 unspecified atom stereocenters. The molecule has 5 N–H and O–H groups in total. The van der Waals surface area contributed by atoms with E-state index in [1.807, 2.05) is 12.2 Å². The van der Waals surface area contributed by atoms with Crippen LogP contribution in [0.5, 0.6) is 0 Å². The Labute approximate surface area is 120 Å². The van der Waals surface area contributed by atoms with Crippen molar-refractivity contribution >= 4 is 6.09 Å². The van der Waals surface area contributed by atoms with Crippen molar-refractivity contribution in [3.63, 3.8) is 0 Å². The molecule has 0 aromatic rings. The molecule has 0 aromatic heterocycles. The summed E-state index contributed by atoms with van der Waals surface area (Å²) in [5, 5.41) is 23.0. The largest absolute Gasteiger partial charge is 0.626 e. The van der Waals surface area contributed by atoms with E-state index in [1.165, 1.54) is 0 Å². The topological polar surface area (TPSA) is 84.3 Å². The van der Waals surface area contributed by atoms with E-state index >= 15 is 0 Å². The molecule has 3 atom stereocenters. The lowest BCUT2D eigenvalue weighted by molar-refractivity contribution is 0.109. The molecular formula is C15H27N2O3+. The van der Waals surface area contributed by atoms with Gasteiger partial charge in [-0.2, -0.15) is 0 Å². The highest BCUT2D eigenvalue weighted by molar-refractivity contribution is 5.64. The van der Waals surface area contributed by atoms with Gasteiger partial charge in [-0.25, -0.2) is 0 Å². The van der Waals surface area contributed by atoms with Gasteiger partial charge in [0.2, 0.25) is 0 Å². The number of allylic oxidation sites excluding steroid dienone is 4. The highest BCUT2D eigenvalue weighted by Gasteiger charge is 2.26. The first kappa shape index (κ1) is 16.7. The number of hydrogen-bond acceptors (Lipinski definition) is 3. The number of nitrogens with one attached hydrogen (secondary N) is 2. The van der Waals surface area contributed by atoms with Gasteiger partial charge in [0.25, 0.3) is 0 Å². The van der Waals surface area contributed by atoms with E-state index in [0.29, 0.717) is 24.8 Å². The number of aliphatic hydroxyl groups excluding tert-OH is 1. The molecule has 0 saturated heterocycles. The van der Waals surface area contributed by atoms with Crippen molar-refractivity contribution in [2.75, 3.05) is 13.1 Å². The molecule has 0 aromatic carbocycles. The lowest BCUT2D eigenvalue weighted by Gasteiger charge is -2.25. The Morgan fingerprint density at radius 1 is 1.40 bits per heavy atom. The molecule has 114 valence electrons. The Morgan fingerprint density at radius 3 is 2.70 bits per heavy atom. The maximum absolute atomic E-state index is 11.0. The monoisotopic (exact) mass is 283 g/mol. The number of hydrogen-bond donors (Lipinski definition) is 3. The second kappa shape index (κ2) is 8.76. The summed E-state index contributed by atoms with van der Waals surface area (Å²) in [4.78, 5) is 11.0. The van der Waals surface area contributed by atoms with Gasteiger partial charge in [-0.1, -0.05) is 38.2 Å². The van der Waals surface area contributed by atoms with E-state index < -0.39 is 12.2 Å². The van der Waals surface area contributed by atoms with Crippen molar-refractivity contribution in [3.05, 3.63) is 24.3 Å². The lowest BCUT2D eigenvalue weighted by atomic mass is 9.91. The minimum Gasteiger partial charge on any atom is -0.547 e. The molecule has 5 heteroatoms. The quantitative estimate of drug-likeness (QED) is 0.579. The van der Waals surface area contributed by atoms with Gasteiger partial charge in [-0.05, 0) is 31.2 Å². The van der Waals surface area contributed by atoms with Gasteiger partial charge in [-0.15, -0.1) is 0 Å². The highest BCUT2D eigenvalue weighted by Crippen LogP contribution is 2.19. The summed E-state index contributed by atoms with van der Waals surface area (Å²) in [6.45, 7) is 5.45. The first-order chi connectivity index (χ1) is 9.49. The molecule has 0 aliphatic heterocycles. The third kappa shape index (κ3) is 6.73. The molecule has 1 aliphatic rings. The van der Waals surface area contributed by atoms with E-state index in [1.54, 1.807) is 0 Å². The molecular weight excluding hydrogens is 256 g/mol. The molecule has 0 saturated carbocycles.